The average molecular weight is 328 g/mol. The molecule has 1 saturated carbocycles. The van der Waals surface area contributed by atoms with Gasteiger partial charge in [-0.2, -0.15) is 0 Å². The number of hydrogen-bond acceptors (Lipinski definition) is 4. The summed E-state index contributed by atoms with van der Waals surface area (Å²) < 4.78 is 6.66. The van der Waals surface area contributed by atoms with Gasteiger partial charge in [-0.1, -0.05) is 12.6 Å². The van der Waals surface area contributed by atoms with E-state index < -0.39 is 17.1 Å². The first-order chi connectivity index (χ1) is 11.4. The highest BCUT2D eigenvalue weighted by molar-refractivity contribution is 5.90. The van der Waals surface area contributed by atoms with Crippen molar-refractivity contribution >= 4 is 5.78 Å². The molecular formula is C19H22NO4+. The fraction of sp³-hybridized carbons (Fsp3) is 0.526. The van der Waals surface area contributed by atoms with Crippen LogP contribution in [0.25, 0.3) is 0 Å². The third kappa shape index (κ3) is 1.27. The van der Waals surface area contributed by atoms with Crippen molar-refractivity contribution in [3.8, 4) is 11.5 Å². The molecule has 2 aliphatic carbocycles. The minimum atomic E-state index is -0.977. The van der Waals surface area contributed by atoms with Crippen LogP contribution in [-0.2, 0) is 16.6 Å². The standard InChI is InChI=1S/C19H21NO4/c1-3-8-20(2)10-18-15-11-4-5-12(21)16(15)24-17(18)13(22)6-7-19(18,23)14(20)9-11/h3-5,14,17,23H,1,6-10H2,2H3/p+1/t14-,17+,18+,19-,20?/m1/s1. The Morgan fingerprint density at radius 3 is 3.04 bits per heavy atom. The van der Waals surface area contributed by atoms with E-state index >= 15 is 0 Å². The van der Waals surface area contributed by atoms with E-state index in [4.69, 9.17) is 4.74 Å². The van der Waals surface area contributed by atoms with E-state index in [2.05, 4.69) is 13.6 Å². The monoisotopic (exact) mass is 328 g/mol. The number of phenols is 1. The second-order valence-corrected chi connectivity index (χ2v) is 8.14. The zero-order valence-electron chi connectivity index (χ0n) is 13.8. The number of nitrogens with zero attached hydrogens (tertiary/aromatic N) is 1. The summed E-state index contributed by atoms with van der Waals surface area (Å²) >= 11 is 0. The van der Waals surface area contributed by atoms with Gasteiger partial charge in [-0.3, -0.25) is 4.79 Å². The van der Waals surface area contributed by atoms with Crippen LogP contribution in [0.4, 0.5) is 0 Å². The van der Waals surface area contributed by atoms with E-state index in [1.165, 1.54) is 0 Å². The van der Waals surface area contributed by atoms with Crippen LogP contribution in [0.15, 0.2) is 24.8 Å². The Kier molecular flexibility index (Phi) is 2.43. The number of Topliss-reactive ketones (excluding diaryl/α,β-unsaturated/α-hetero) is 1. The molecule has 24 heavy (non-hydrogen) atoms. The summed E-state index contributed by atoms with van der Waals surface area (Å²) in [5.74, 6) is 0.515. The molecular weight excluding hydrogens is 306 g/mol. The molecule has 2 N–H and O–H groups in total. The minimum absolute atomic E-state index is 0.0118. The molecule has 1 aromatic carbocycles. The highest BCUT2D eigenvalue weighted by atomic mass is 16.5. The van der Waals surface area contributed by atoms with Crippen LogP contribution in [0.1, 0.15) is 24.0 Å². The predicted molar refractivity (Wildman–Crippen MR) is 87.0 cm³/mol. The molecule has 1 spiro atoms. The van der Waals surface area contributed by atoms with Crippen molar-refractivity contribution in [2.75, 3.05) is 20.1 Å². The first-order valence-corrected chi connectivity index (χ1v) is 8.59. The number of carbonyl (C=O) groups is 1. The largest absolute Gasteiger partial charge is 0.504 e. The van der Waals surface area contributed by atoms with Gasteiger partial charge in [0.1, 0.15) is 17.1 Å². The number of ether oxygens (including phenoxy) is 1. The minimum Gasteiger partial charge on any atom is -0.504 e. The van der Waals surface area contributed by atoms with Gasteiger partial charge in [-0.25, -0.2) is 0 Å². The third-order valence-corrected chi connectivity index (χ3v) is 7.04. The van der Waals surface area contributed by atoms with Crippen LogP contribution in [-0.4, -0.2) is 58.4 Å². The van der Waals surface area contributed by atoms with E-state index in [9.17, 15) is 15.0 Å². The van der Waals surface area contributed by atoms with Crippen molar-refractivity contribution in [3.05, 3.63) is 35.9 Å². The number of quaternary nitrogens is 1. The highest BCUT2D eigenvalue weighted by Crippen LogP contribution is 2.66. The maximum Gasteiger partial charge on any atom is 0.175 e. The number of ketones is 1. The normalized spacial score (nSPS) is 44.2. The topological polar surface area (TPSA) is 66.8 Å². The Morgan fingerprint density at radius 1 is 1.50 bits per heavy atom. The van der Waals surface area contributed by atoms with Crippen molar-refractivity contribution in [3.63, 3.8) is 0 Å². The van der Waals surface area contributed by atoms with Gasteiger partial charge in [-0.15, -0.1) is 0 Å². The third-order valence-electron chi connectivity index (χ3n) is 7.04. The molecule has 4 aliphatic rings. The number of benzene rings is 1. The fourth-order valence-corrected chi connectivity index (χ4v) is 6.24. The van der Waals surface area contributed by atoms with Crippen molar-refractivity contribution in [2.45, 2.75) is 42.4 Å². The molecule has 126 valence electrons. The predicted octanol–water partition coefficient (Wildman–Crippen LogP) is 1.06. The number of hydrogen-bond donors (Lipinski definition) is 2. The van der Waals surface area contributed by atoms with Gasteiger partial charge < -0.3 is 19.4 Å². The SMILES string of the molecule is C=CC[N+]1(C)C[C@]23c4c5ccc(O)c4O[C@H]2C(=O)CC[C@@]3(O)[C@H]1C5. The molecule has 0 aromatic heterocycles. The summed E-state index contributed by atoms with van der Waals surface area (Å²) in [5.41, 5.74) is 0.257. The summed E-state index contributed by atoms with van der Waals surface area (Å²) in [4.78, 5) is 12.7. The van der Waals surface area contributed by atoms with Crippen LogP contribution >= 0.6 is 0 Å². The molecule has 5 heteroatoms. The number of carbonyl (C=O) groups excluding carboxylic acids is 1. The van der Waals surface area contributed by atoms with Crippen molar-refractivity contribution in [2.24, 2.45) is 0 Å². The van der Waals surface area contributed by atoms with Crippen molar-refractivity contribution in [1.29, 1.82) is 0 Å². The summed E-state index contributed by atoms with van der Waals surface area (Å²) in [7, 11) is 2.14. The zero-order chi connectivity index (χ0) is 16.9. The maximum atomic E-state index is 12.7. The summed E-state index contributed by atoms with van der Waals surface area (Å²) in [6.45, 7) is 5.28. The Morgan fingerprint density at radius 2 is 2.29 bits per heavy atom. The molecule has 5 nitrogen and oxygen atoms in total. The Balaban J connectivity index is 1.85. The quantitative estimate of drug-likeness (QED) is 0.629. The summed E-state index contributed by atoms with van der Waals surface area (Å²) in [6.07, 6.45) is 2.74. The number of aromatic hydroxyl groups is 1. The number of likely N-dealkylation sites (tertiary alicyclic amines) is 1. The molecule has 1 unspecified atom stereocenters. The fourth-order valence-electron chi connectivity index (χ4n) is 6.24. The first-order valence-electron chi connectivity index (χ1n) is 8.59. The van der Waals surface area contributed by atoms with Crippen LogP contribution in [0, 0.1) is 0 Å². The van der Waals surface area contributed by atoms with Crippen molar-refractivity contribution < 1.29 is 24.2 Å². The molecule has 2 aliphatic heterocycles. The molecule has 0 radical (unpaired) electrons. The van der Waals surface area contributed by atoms with E-state index in [0.717, 1.165) is 24.1 Å². The lowest BCUT2D eigenvalue weighted by Crippen LogP contribution is -2.67. The number of aliphatic hydroxyl groups is 1. The summed E-state index contributed by atoms with van der Waals surface area (Å²) in [6, 6.07) is 3.59. The lowest BCUT2D eigenvalue weighted by Gasteiger charge is -2.48. The molecule has 1 aromatic rings. The second kappa shape index (κ2) is 4.03. The molecule has 1 saturated heterocycles. The number of rotatable bonds is 2. The maximum absolute atomic E-state index is 12.7. The Hall–Kier alpha value is -1.85. The molecule has 2 fully saturated rings. The van der Waals surface area contributed by atoms with Gasteiger partial charge in [0.15, 0.2) is 23.4 Å². The second-order valence-electron chi connectivity index (χ2n) is 8.14. The van der Waals surface area contributed by atoms with Gasteiger partial charge in [0.05, 0.1) is 20.1 Å². The molecule has 0 amide bonds. The molecule has 2 heterocycles. The van der Waals surface area contributed by atoms with Crippen LogP contribution in [0.3, 0.4) is 0 Å². The highest BCUT2D eigenvalue weighted by Gasteiger charge is 2.80. The molecule has 2 bridgehead atoms. The Bertz CT molecular complexity index is 805. The van der Waals surface area contributed by atoms with Gasteiger partial charge in [0, 0.05) is 18.4 Å². The van der Waals surface area contributed by atoms with Crippen LogP contribution in [0.2, 0.25) is 0 Å². The van der Waals surface area contributed by atoms with E-state index in [0.29, 0.717) is 29.6 Å². The van der Waals surface area contributed by atoms with E-state index in [1.807, 2.05) is 12.1 Å². The van der Waals surface area contributed by atoms with Crippen molar-refractivity contribution in [1.82, 2.24) is 0 Å². The van der Waals surface area contributed by atoms with Gasteiger partial charge in [0.2, 0.25) is 0 Å². The van der Waals surface area contributed by atoms with Gasteiger partial charge in [0.25, 0.3) is 0 Å². The van der Waals surface area contributed by atoms with Crippen LogP contribution < -0.4 is 4.74 Å². The Labute approximate surface area is 140 Å². The number of likely N-dealkylation sites (N-methyl/N-ethyl adjacent to an activating group) is 1. The van der Waals surface area contributed by atoms with Crippen LogP contribution in [0.5, 0.6) is 11.5 Å². The zero-order valence-corrected chi connectivity index (χ0v) is 13.8. The van der Waals surface area contributed by atoms with Gasteiger partial charge >= 0.3 is 0 Å². The molecule has 5 rings (SSSR count). The first kappa shape index (κ1) is 14.5. The number of phenolic OH excluding ortho intramolecular Hbond substituents is 1. The van der Waals surface area contributed by atoms with E-state index in [1.54, 1.807) is 6.07 Å². The van der Waals surface area contributed by atoms with E-state index in [-0.39, 0.29) is 17.6 Å². The lowest BCUT2D eigenvalue weighted by molar-refractivity contribution is -0.919. The lowest BCUT2D eigenvalue weighted by atomic mass is 9.54. The molecule has 5 atom stereocenters. The smallest absolute Gasteiger partial charge is 0.175 e. The van der Waals surface area contributed by atoms with Gasteiger partial charge in [-0.05, 0) is 24.1 Å². The summed E-state index contributed by atoms with van der Waals surface area (Å²) in [5, 5.41) is 22.1. The average Bonchev–Trinajstić information content (AvgIpc) is 2.93.